The molecule has 2 saturated heterocycles. The Morgan fingerprint density at radius 2 is 1.97 bits per heavy atom. The van der Waals surface area contributed by atoms with Gasteiger partial charge in [-0.1, -0.05) is 0 Å². The van der Waals surface area contributed by atoms with Crippen LogP contribution >= 0.6 is 11.3 Å². The van der Waals surface area contributed by atoms with Crippen molar-refractivity contribution in [2.45, 2.75) is 33.3 Å². The fraction of sp³-hybridized carbons (Fsp3) is 0.591. The quantitative estimate of drug-likeness (QED) is 0.732. The molecule has 1 amide bonds. The Balaban J connectivity index is 1.39. The number of aromatic nitrogens is 2. The Labute approximate surface area is 187 Å². The largest absolute Gasteiger partial charge is 0.379 e. The van der Waals surface area contributed by atoms with Crippen molar-refractivity contribution in [2.75, 3.05) is 57.9 Å². The Morgan fingerprint density at radius 1 is 1.16 bits per heavy atom. The van der Waals surface area contributed by atoms with Crippen LogP contribution in [0.5, 0.6) is 0 Å². The second kappa shape index (κ2) is 10.0. The Kier molecular flexibility index (Phi) is 7.16. The maximum absolute atomic E-state index is 12.8. The van der Waals surface area contributed by atoms with Crippen LogP contribution in [0.15, 0.2) is 12.1 Å². The van der Waals surface area contributed by atoms with Gasteiger partial charge in [-0.25, -0.2) is 4.98 Å². The topological polar surface area (TPSA) is 79.8 Å². The van der Waals surface area contributed by atoms with E-state index in [-0.39, 0.29) is 12.0 Å². The summed E-state index contributed by atoms with van der Waals surface area (Å²) >= 11 is 1.64. The molecular formula is C22H31N5O3S. The molecule has 9 heteroatoms. The lowest BCUT2D eigenvalue weighted by Gasteiger charge is -2.34. The number of anilines is 2. The number of carbonyl (C=O) groups excluding carboxylic acids is 1. The summed E-state index contributed by atoms with van der Waals surface area (Å²) < 4.78 is 11.4. The van der Waals surface area contributed by atoms with Crippen molar-refractivity contribution in [1.29, 1.82) is 0 Å². The first-order valence-corrected chi connectivity index (χ1v) is 11.7. The molecule has 4 heterocycles. The van der Waals surface area contributed by atoms with E-state index in [1.165, 1.54) is 4.88 Å². The van der Waals surface area contributed by atoms with Crippen LogP contribution in [-0.2, 0) is 14.3 Å². The second-order valence-corrected chi connectivity index (χ2v) is 9.31. The van der Waals surface area contributed by atoms with Crippen molar-refractivity contribution in [1.82, 2.24) is 19.8 Å². The molecule has 0 aliphatic carbocycles. The average molecular weight is 446 g/mol. The molecular weight excluding hydrogens is 414 g/mol. The van der Waals surface area contributed by atoms with Gasteiger partial charge in [0.2, 0.25) is 5.91 Å². The van der Waals surface area contributed by atoms with Gasteiger partial charge < -0.3 is 19.7 Å². The first-order valence-electron chi connectivity index (χ1n) is 10.9. The van der Waals surface area contributed by atoms with Crippen LogP contribution < -0.4 is 5.32 Å². The molecule has 2 aromatic rings. The smallest absolute Gasteiger partial charge is 0.224 e. The minimum Gasteiger partial charge on any atom is -0.379 e. The highest BCUT2D eigenvalue weighted by molar-refractivity contribution is 7.15. The van der Waals surface area contributed by atoms with Gasteiger partial charge in [0.15, 0.2) is 5.13 Å². The van der Waals surface area contributed by atoms with E-state index >= 15 is 0 Å². The zero-order valence-electron chi connectivity index (χ0n) is 18.5. The molecule has 8 nitrogen and oxygen atoms in total. The summed E-state index contributed by atoms with van der Waals surface area (Å²) in [5.41, 5.74) is 3.73. The van der Waals surface area contributed by atoms with Gasteiger partial charge in [-0.05, 0) is 32.9 Å². The van der Waals surface area contributed by atoms with E-state index in [0.717, 1.165) is 60.7 Å². The van der Waals surface area contributed by atoms with Gasteiger partial charge in [0, 0.05) is 48.9 Å². The lowest BCUT2D eigenvalue weighted by atomic mass is 10.1. The minimum absolute atomic E-state index is 0.180. The molecule has 0 aromatic carbocycles. The Bertz CT molecular complexity index is 893. The monoisotopic (exact) mass is 445 g/mol. The van der Waals surface area contributed by atoms with E-state index in [1.807, 2.05) is 30.9 Å². The lowest BCUT2D eigenvalue weighted by molar-refractivity contribution is -0.139. The van der Waals surface area contributed by atoms with E-state index in [2.05, 4.69) is 22.1 Å². The van der Waals surface area contributed by atoms with E-state index in [1.54, 1.807) is 11.3 Å². The zero-order valence-corrected chi connectivity index (χ0v) is 19.3. The van der Waals surface area contributed by atoms with Crippen LogP contribution in [0.2, 0.25) is 0 Å². The average Bonchev–Trinajstić information content (AvgIpc) is 3.09. The number of nitrogens with zero attached hydrogens (tertiary/aromatic N) is 4. The third-order valence-corrected chi connectivity index (χ3v) is 6.74. The van der Waals surface area contributed by atoms with Crippen LogP contribution in [0.3, 0.4) is 0 Å². The molecule has 0 unspecified atom stereocenters. The SMILES string of the molecule is Cc1cc(Nc2nc(C)c(C)s2)cc([C@@H]2CN(C(=O)CCN3CCOCC3)CCO2)n1. The van der Waals surface area contributed by atoms with E-state index in [9.17, 15) is 4.79 Å². The summed E-state index contributed by atoms with van der Waals surface area (Å²) in [4.78, 5) is 27.5. The number of pyridine rings is 1. The Morgan fingerprint density at radius 3 is 2.71 bits per heavy atom. The van der Waals surface area contributed by atoms with Gasteiger partial charge in [-0.2, -0.15) is 0 Å². The predicted molar refractivity (Wildman–Crippen MR) is 121 cm³/mol. The van der Waals surface area contributed by atoms with Crippen LogP contribution in [0.4, 0.5) is 10.8 Å². The van der Waals surface area contributed by atoms with E-state index in [0.29, 0.717) is 26.1 Å². The van der Waals surface area contributed by atoms with Crippen molar-refractivity contribution < 1.29 is 14.3 Å². The first-order chi connectivity index (χ1) is 15.0. The summed E-state index contributed by atoms with van der Waals surface area (Å²) in [6.07, 6.45) is 0.310. The maximum Gasteiger partial charge on any atom is 0.224 e. The number of rotatable bonds is 6. The van der Waals surface area contributed by atoms with Crippen molar-refractivity contribution in [3.63, 3.8) is 0 Å². The molecule has 1 atom stereocenters. The zero-order chi connectivity index (χ0) is 21.8. The summed E-state index contributed by atoms with van der Waals surface area (Å²) in [5.74, 6) is 0.180. The third kappa shape index (κ3) is 5.79. The molecule has 2 aliphatic rings. The Hall–Kier alpha value is -2.07. The van der Waals surface area contributed by atoms with Gasteiger partial charge in [-0.15, -0.1) is 11.3 Å². The van der Waals surface area contributed by atoms with Crippen LogP contribution in [-0.4, -0.2) is 78.2 Å². The molecule has 1 N–H and O–H groups in total. The second-order valence-electron chi connectivity index (χ2n) is 8.11. The molecule has 0 spiro atoms. The standard InChI is InChI=1S/C22H31N5O3S/c1-15-12-18(25-22-24-16(2)17(3)31-22)13-19(23-15)20-14-27(8-11-30-20)21(28)4-5-26-6-9-29-10-7-26/h12-13,20H,4-11,14H2,1-3H3,(H,23,24,25)/t20-/m0/s1. The van der Waals surface area contributed by atoms with Crippen LogP contribution in [0, 0.1) is 20.8 Å². The maximum atomic E-state index is 12.8. The highest BCUT2D eigenvalue weighted by Crippen LogP contribution is 2.28. The van der Waals surface area contributed by atoms with Gasteiger partial charge in [-0.3, -0.25) is 14.7 Å². The molecule has 2 aliphatic heterocycles. The number of morpholine rings is 2. The van der Waals surface area contributed by atoms with Gasteiger partial charge >= 0.3 is 0 Å². The molecule has 31 heavy (non-hydrogen) atoms. The van der Waals surface area contributed by atoms with Crippen molar-refractivity contribution in [2.24, 2.45) is 0 Å². The number of amides is 1. The summed E-state index contributed by atoms with van der Waals surface area (Å²) in [6.45, 7) is 11.8. The number of nitrogens with one attached hydrogen (secondary N) is 1. The fourth-order valence-electron chi connectivity index (χ4n) is 3.87. The molecule has 0 bridgehead atoms. The number of hydrogen-bond donors (Lipinski definition) is 1. The highest BCUT2D eigenvalue weighted by Gasteiger charge is 2.27. The fourth-order valence-corrected chi connectivity index (χ4v) is 4.71. The van der Waals surface area contributed by atoms with Gasteiger partial charge in [0.25, 0.3) is 0 Å². The predicted octanol–water partition coefficient (Wildman–Crippen LogP) is 2.83. The number of ether oxygens (including phenoxy) is 2. The van der Waals surface area contributed by atoms with Crippen molar-refractivity contribution in [3.05, 3.63) is 34.1 Å². The molecule has 2 fully saturated rings. The van der Waals surface area contributed by atoms with Crippen molar-refractivity contribution in [3.8, 4) is 0 Å². The third-order valence-electron chi connectivity index (χ3n) is 5.75. The lowest BCUT2D eigenvalue weighted by Crippen LogP contribution is -2.44. The summed E-state index contributed by atoms with van der Waals surface area (Å²) in [7, 11) is 0. The normalized spacial score (nSPS) is 20.1. The van der Waals surface area contributed by atoms with Gasteiger partial charge in [0.1, 0.15) is 6.10 Å². The number of hydrogen-bond acceptors (Lipinski definition) is 8. The van der Waals surface area contributed by atoms with Crippen LogP contribution in [0.25, 0.3) is 0 Å². The first kappa shape index (κ1) is 22.1. The van der Waals surface area contributed by atoms with E-state index in [4.69, 9.17) is 14.5 Å². The van der Waals surface area contributed by atoms with Gasteiger partial charge in [0.05, 0.1) is 37.8 Å². The number of aryl methyl sites for hydroxylation is 3. The molecule has 168 valence electrons. The highest BCUT2D eigenvalue weighted by atomic mass is 32.1. The summed E-state index contributed by atoms with van der Waals surface area (Å²) in [6, 6.07) is 4.01. The molecule has 2 aromatic heterocycles. The van der Waals surface area contributed by atoms with Crippen LogP contribution in [0.1, 0.15) is 34.5 Å². The molecule has 4 rings (SSSR count). The summed E-state index contributed by atoms with van der Waals surface area (Å²) in [5, 5.41) is 4.26. The molecule has 0 saturated carbocycles. The minimum atomic E-state index is -0.221. The molecule has 0 radical (unpaired) electrons. The van der Waals surface area contributed by atoms with Crippen molar-refractivity contribution >= 4 is 28.1 Å². The number of carbonyl (C=O) groups is 1. The number of thiazole rings is 1. The van der Waals surface area contributed by atoms with E-state index < -0.39 is 0 Å².